The molecule has 0 aliphatic carbocycles. The highest BCUT2D eigenvalue weighted by atomic mass is 35.5. The van der Waals surface area contributed by atoms with E-state index in [0.717, 1.165) is 9.87 Å². The zero-order valence-electron chi connectivity index (χ0n) is 23.3. The van der Waals surface area contributed by atoms with Gasteiger partial charge in [0.25, 0.3) is 10.0 Å². The van der Waals surface area contributed by atoms with Gasteiger partial charge >= 0.3 is 0 Å². The molecule has 0 saturated carbocycles. The summed E-state index contributed by atoms with van der Waals surface area (Å²) in [6.07, 6.45) is 0. The van der Waals surface area contributed by atoms with E-state index in [1.54, 1.807) is 57.2 Å². The Labute approximate surface area is 256 Å². The van der Waals surface area contributed by atoms with Gasteiger partial charge in [0, 0.05) is 33.2 Å². The summed E-state index contributed by atoms with van der Waals surface area (Å²) >= 11 is 19.1. The van der Waals surface area contributed by atoms with Crippen LogP contribution in [-0.2, 0) is 26.2 Å². The second kappa shape index (κ2) is 13.8. The third kappa shape index (κ3) is 7.86. The van der Waals surface area contributed by atoms with E-state index in [0.29, 0.717) is 15.6 Å². The average Bonchev–Trinajstić information content (AvgIpc) is 2.91. The zero-order chi connectivity index (χ0) is 30.5. The van der Waals surface area contributed by atoms with Crippen molar-refractivity contribution in [2.24, 2.45) is 0 Å². The van der Waals surface area contributed by atoms with Crippen LogP contribution in [0.5, 0.6) is 5.75 Å². The molecule has 1 N–H and O–H groups in total. The highest BCUT2D eigenvalue weighted by Gasteiger charge is 2.34. The summed E-state index contributed by atoms with van der Waals surface area (Å²) in [5.41, 5.74) is 1.34. The van der Waals surface area contributed by atoms with Crippen molar-refractivity contribution in [2.45, 2.75) is 51.2 Å². The van der Waals surface area contributed by atoms with E-state index in [2.05, 4.69) is 5.32 Å². The summed E-state index contributed by atoms with van der Waals surface area (Å²) in [5.74, 6) is -0.918. The lowest BCUT2D eigenvalue weighted by Crippen LogP contribution is -2.52. The van der Waals surface area contributed by atoms with E-state index < -0.39 is 34.4 Å². The van der Waals surface area contributed by atoms with Crippen LogP contribution in [0.3, 0.4) is 0 Å². The number of anilines is 1. The van der Waals surface area contributed by atoms with Crippen molar-refractivity contribution in [3.63, 3.8) is 0 Å². The molecule has 41 heavy (non-hydrogen) atoms. The minimum Gasteiger partial charge on any atom is -0.495 e. The van der Waals surface area contributed by atoms with E-state index in [-0.39, 0.29) is 33.9 Å². The smallest absolute Gasteiger partial charge is 0.264 e. The lowest BCUT2D eigenvalue weighted by molar-refractivity contribution is -0.139. The monoisotopic (exact) mass is 639 g/mol. The Morgan fingerprint density at radius 1 is 0.951 bits per heavy atom. The van der Waals surface area contributed by atoms with Crippen molar-refractivity contribution in [3.05, 3.63) is 86.9 Å². The molecule has 1 atom stereocenters. The molecule has 0 aliphatic rings. The van der Waals surface area contributed by atoms with E-state index in [4.69, 9.17) is 39.5 Å². The van der Waals surface area contributed by atoms with Crippen LogP contribution in [0, 0.1) is 6.92 Å². The van der Waals surface area contributed by atoms with Crippen LogP contribution in [-0.4, -0.2) is 50.9 Å². The highest BCUT2D eigenvalue weighted by molar-refractivity contribution is 7.92. The second-order valence-electron chi connectivity index (χ2n) is 9.70. The number of nitrogens with zero attached hydrogens (tertiary/aromatic N) is 2. The van der Waals surface area contributed by atoms with Crippen molar-refractivity contribution < 1.29 is 22.7 Å². The number of ether oxygens (including phenoxy) is 1. The van der Waals surface area contributed by atoms with Crippen molar-refractivity contribution in [2.75, 3.05) is 18.0 Å². The van der Waals surface area contributed by atoms with Crippen molar-refractivity contribution in [1.82, 2.24) is 10.2 Å². The fourth-order valence-electron chi connectivity index (χ4n) is 4.05. The molecule has 0 heterocycles. The molecule has 0 aromatic heterocycles. The predicted octanol–water partition coefficient (Wildman–Crippen LogP) is 6.10. The SMILES string of the molecule is COc1ccc(Cl)cc1N(CC(=O)N(Cc1c(Cl)cccc1Cl)[C@@H](C)C(=O)NC(C)C)S(=O)(=O)c1ccc(C)cc1. The van der Waals surface area contributed by atoms with Gasteiger partial charge in [-0.2, -0.15) is 0 Å². The largest absolute Gasteiger partial charge is 0.495 e. The number of hydrogen-bond donors (Lipinski definition) is 1. The Morgan fingerprint density at radius 3 is 2.12 bits per heavy atom. The number of sulfonamides is 1. The Hall–Kier alpha value is -2.98. The number of aryl methyl sites for hydroxylation is 1. The summed E-state index contributed by atoms with van der Waals surface area (Å²) in [4.78, 5) is 28.4. The summed E-state index contributed by atoms with van der Waals surface area (Å²) < 4.78 is 34.4. The lowest BCUT2D eigenvalue weighted by atomic mass is 10.1. The van der Waals surface area contributed by atoms with Crippen LogP contribution in [0.15, 0.2) is 65.6 Å². The van der Waals surface area contributed by atoms with Crippen molar-refractivity contribution in [3.8, 4) is 5.75 Å². The minimum atomic E-state index is -4.31. The van der Waals surface area contributed by atoms with Crippen LogP contribution >= 0.6 is 34.8 Å². The van der Waals surface area contributed by atoms with Gasteiger partial charge in [-0.15, -0.1) is 0 Å². The predicted molar refractivity (Wildman–Crippen MR) is 163 cm³/mol. The number of methoxy groups -OCH3 is 1. The number of carbonyl (C=O) groups excluding carboxylic acids is 2. The number of benzene rings is 3. The number of halogens is 3. The molecule has 0 fully saturated rings. The van der Waals surface area contributed by atoms with Gasteiger partial charge in [-0.05, 0) is 70.2 Å². The molecule has 12 heteroatoms. The molecular formula is C29H32Cl3N3O5S. The third-order valence-electron chi connectivity index (χ3n) is 6.29. The topological polar surface area (TPSA) is 96.0 Å². The van der Waals surface area contributed by atoms with Gasteiger partial charge in [0.2, 0.25) is 11.8 Å². The Morgan fingerprint density at radius 2 is 1.56 bits per heavy atom. The molecule has 3 rings (SSSR count). The maximum atomic E-state index is 14.1. The highest BCUT2D eigenvalue weighted by Crippen LogP contribution is 2.35. The van der Waals surface area contributed by atoms with Gasteiger partial charge in [-0.3, -0.25) is 13.9 Å². The molecule has 0 saturated heterocycles. The fourth-order valence-corrected chi connectivity index (χ4v) is 6.15. The summed E-state index contributed by atoms with van der Waals surface area (Å²) in [7, 11) is -2.92. The zero-order valence-corrected chi connectivity index (χ0v) is 26.4. The van der Waals surface area contributed by atoms with E-state index in [9.17, 15) is 18.0 Å². The maximum Gasteiger partial charge on any atom is 0.264 e. The van der Waals surface area contributed by atoms with Crippen LogP contribution in [0.1, 0.15) is 31.9 Å². The maximum absolute atomic E-state index is 14.1. The number of nitrogens with one attached hydrogen (secondary N) is 1. The summed E-state index contributed by atoms with van der Waals surface area (Å²) in [6, 6.07) is 14.4. The van der Waals surface area contributed by atoms with Gasteiger partial charge in [-0.1, -0.05) is 58.6 Å². The van der Waals surface area contributed by atoms with Gasteiger partial charge in [-0.25, -0.2) is 8.42 Å². The fraction of sp³-hybridized carbons (Fsp3) is 0.310. The first-order valence-corrected chi connectivity index (χ1v) is 15.3. The van der Waals surface area contributed by atoms with Crippen LogP contribution in [0.2, 0.25) is 15.1 Å². The number of amides is 2. The summed E-state index contributed by atoms with van der Waals surface area (Å²) in [5, 5.41) is 3.63. The minimum absolute atomic E-state index is 0.0378. The Bertz CT molecular complexity index is 1490. The van der Waals surface area contributed by atoms with Gasteiger partial charge < -0.3 is 15.0 Å². The molecule has 3 aromatic carbocycles. The molecule has 220 valence electrons. The molecule has 0 radical (unpaired) electrons. The molecule has 3 aromatic rings. The molecule has 0 spiro atoms. The van der Waals surface area contributed by atoms with Gasteiger partial charge in [0.1, 0.15) is 18.3 Å². The van der Waals surface area contributed by atoms with E-state index >= 15 is 0 Å². The molecule has 0 aliphatic heterocycles. The average molecular weight is 641 g/mol. The van der Waals surface area contributed by atoms with Crippen molar-refractivity contribution >= 4 is 62.3 Å². The van der Waals surface area contributed by atoms with E-state index in [1.165, 1.54) is 36.3 Å². The molecule has 8 nitrogen and oxygen atoms in total. The first-order chi connectivity index (χ1) is 19.3. The number of carbonyl (C=O) groups is 2. The first kappa shape index (κ1) is 32.5. The number of hydrogen-bond acceptors (Lipinski definition) is 5. The normalized spacial score (nSPS) is 12.1. The first-order valence-electron chi connectivity index (χ1n) is 12.7. The number of rotatable bonds is 11. The van der Waals surface area contributed by atoms with E-state index in [1.807, 2.05) is 6.92 Å². The molecule has 0 unspecified atom stereocenters. The lowest BCUT2D eigenvalue weighted by Gasteiger charge is -2.33. The Balaban J connectivity index is 2.14. The third-order valence-corrected chi connectivity index (χ3v) is 9.00. The standard InChI is InChI=1S/C29H32Cl3N3O5S/c1-18(2)33-29(37)20(4)34(16-23-24(31)7-6-8-25(23)32)28(36)17-35(26-15-21(30)11-14-27(26)40-5)41(38,39)22-12-9-19(3)10-13-22/h6-15,18,20H,16-17H2,1-5H3,(H,33,37)/t20-/m0/s1. The molecule has 0 bridgehead atoms. The quantitative estimate of drug-likeness (QED) is 0.273. The molecule has 2 amide bonds. The van der Waals surface area contributed by atoms with Crippen LogP contribution in [0.4, 0.5) is 5.69 Å². The van der Waals surface area contributed by atoms with Gasteiger partial charge in [0.05, 0.1) is 17.7 Å². The van der Waals surface area contributed by atoms with Crippen LogP contribution in [0.25, 0.3) is 0 Å². The molecular weight excluding hydrogens is 609 g/mol. The van der Waals surface area contributed by atoms with Crippen LogP contribution < -0.4 is 14.4 Å². The van der Waals surface area contributed by atoms with Gasteiger partial charge in [0.15, 0.2) is 0 Å². The van der Waals surface area contributed by atoms with Crippen molar-refractivity contribution in [1.29, 1.82) is 0 Å². The summed E-state index contributed by atoms with van der Waals surface area (Å²) in [6.45, 7) is 6.16. The Kier molecular flexibility index (Phi) is 10.9. The second-order valence-corrected chi connectivity index (χ2v) is 12.8.